The molecular formula is C13H15ClO4. The van der Waals surface area contributed by atoms with E-state index in [1.807, 2.05) is 0 Å². The van der Waals surface area contributed by atoms with Gasteiger partial charge in [0.1, 0.15) is 0 Å². The lowest BCUT2D eigenvalue weighted by Crippen LogP contribution is -2.26. The summed E-state index contributed by atoms with van der Waals surface area (Å²) in [6.45, 7) is 3.76. The van der Waals surface area contributed by atoms with Gasteiger partial charge in [-0.05, 0) is 31.5 Å². The number of hydrogen-bond acceptors (Lipinski definition) is 4. The third-order valence-corrected chi connectivity index (χ3v) is 2.46. The Hall–Kier alpha value is -1.55. The molecular weight excluding hydrogens is 256 g/mol. The van der Waals surface area contributed by atoms with Crippen LogP contribution in [0, 0.1) is 0 Å². The molecule has 4 nitrogen and oxygen atoms in total. The van der Waals surface area contributed by atoms with Crippen LogP contribution in [0.1, 0.15) is 25.3 Å². The van der Waals surface area contributed by atoms with E-state index in [4.69, 9.17) is 21.1 Å². The molecule has 1 rings (SSSR count). The highest BCUT2D eigenvalue weighted by Gasteiger charge is 2.31. The molecule has 0 atom stereocenters. The van der Waals surface area contributed by atoms with Gasteiger partial charge < -0.3 is 9.47 Å². The van der Waals surface area contributed by atoms with Gasteiger partial charge in [0.15, 0.2) is 5.92 Å². The molecule has 0 bridgehead atoms. The first kappa shape index (κ1) is 14.5. The molecule has 0 fully saturated rings. The summed E-state index contributed by atoms with van der Waals surface area (Å²) in [5.74, 6) is -2.33. The van der Waals surface area contributed by atoms with Crippen LogP contribution in [0.15, 0.2) is 24.3 Å². The SMILES string of the molecule is CCOC(=O)C(C(=O)OCC)c1cccc(Cl)c1. The van der Waals surface area contributed by atoms with Crippen LogP contribution in [0.25, 0.3) is 0 Å². The number of carbonyl (C=O) groups excluding carboxylic acids is 2. The fraction of sp³-hybridized carbons (Fsp3) is 0.385. The minimum Gasteiger partial charge on any atom is -0.465 e. The Morgan fingerprint density at radius 3 is 2.17 bits per heavy atom. The van der Waals surface area contributed by atoms with Gasteiger partial charge in [0, 0.05) is 5.02 Å². The van der Waals surface area contributed by atoms with E-state index in [-0.39, 0.29) is 13.2 Å². The fourth-order valence-corrected chi connectivity index (χ4v) is 1.70. The lowest BCUT2D eigenvalue weighted by atomic mass is 9.99. The summed E-state index contributed by atoms with van der Waals surface area (Å²) in [5, 5.41) is 0.450. The van der Waals surface area contributed by atoms with Crippen molar-refractivity contribution in [3.05, 3.63) is 34.9 Å². The molecule has 1 aromatic carbocycles. The third-order valence-electron chi connectivity index (χ3n) is 2.23. The van der Waals surface area contributed by atoms with Crippen molar-refractivity contribution in [2.45, 2.75) is 19.8 Å². The zero-order valence-corrected chi connectivity index (χ0v) is 11.1. The van der Waals surface area contributed by atoms with Crippen LogP contribution in [0.2, 0.25) is 5.02 Å². The summed E-state index contributed by atoms with van der Waals surface area (Å²) in [6.07, 6.45) is 0. The molecule has 0 saturated heterocycles. The van der Waals surface area contributed by atoms with Crippen molar-refractivity contribution in [2.75, 3.05) is 13.2 Å². The molecule has 5 heteroatoms. The highest BCUT2D eigenvalue weighted by Crippen LogP contribution is 2.22. The first-order valence-corrected chi connectivity index (χ1v) is 6.06. The summed E-state index contributed by atoms with van der Waals surface area (Å²) >= 11 is 5.85. The predicted molar refractivity (Wildman–Crippen MR) is 67.5 cm³/mol. The third kappa shape index (κ3) is 3.74. The first-order chi connectivity index (χ1) is 8.60. The number of esters is 2. The maximum atomic E-state index is 11.8. The van der Waals surface area contributed by atoms with Crippen molar-refractivity contribution >= 4 is 23.5 Å². The van der Waals surface area contributed by atoms with E-state index >= 15 is 0 Å². The van der Waals surface area contributed by atoms with Gasteiger partial charge in [0.25, 0.3) is 0 Å². The fourth-order valence-electron chi connectivity index (χ4n) is 1.51. The molecule has 0 saturated carbocycles. The summed E-state index contributed by atoms with van der Waals surface area (Å²) in [4.78, 5) is 23.6. The number of rotatable bonds is 5. The van der Waals surface area contributed by atoms with Gasteiger partial charge in [-0.3, -0.25) is 9.59 Å². The van der Waals surface area contributed by atoms with Crippen molar-refractivity contribution in [1.82, 2.24) is 0 Å². The Balaban J connectivity index is 3.03. The standard InChI is InChI=1S/C13H15ClO4/c1-3-17-12(15)11(13(16)18-4-2)9-6-5-7-10(14)8-9/h5-8,11H,3-4H2,1-2H3. The Morgan fingerprint density at radius 2 is 1.72 bits per heavy atom. The Kier molecular flexibility index (Phi) is 5.65. The zero-order valence-electron chi connectivity index (χ0n) is 10.3. The first-order valence-electron chi connectivity index (χ1n) is 5.68. The molecule has 0 amide bonds. The van der Waals surface area contributed by atoms with Gasteiger partial charge >= 0.3 is 11.9 Å². The van der Waals surface area contributed by atoms with Gasteiger partial charge in [-0.15, -0.1) is 0 Å². The van der Waals surface area contributed by atoms with E-state index in [1.165, 1.54) is 0 Å². The molecule has 0 aromatic heterocycles. The molecule has 0 aliphatic carbocycles. The Bertz CT molecular complexity index is 413. The van der Waals surface area contributed by atoms with Crippen molar-refractivity contribution in [3.8, 4) is 0 Å². The van der Waals surface area contributed by atoms with E-state index in [0.29, 0.717) is 10.6 Å². The van der Waals surface area contributed by atoms with Gasteiger partial charge in [-0.25, -0.2) is 0 Å². The second-order valence-corrected chi connectivity index (χ2v) is 3.93. The van der Waals surface area contributed by atoms with Crippen LogP contribution in [0.4, 0.5) is 0 Å². The maximum Gasteiger partial charge on any atom is 0.324 e. The summed E-state index contributed by atoms with van der Waals surface area (Å²) in [7, 11) is 0. The Labute approximate surface area is 111 Å². The van der Waals surface area contributed by atoms with Gasteiger partial charge in [-0.2, -0.15) is 0 Å². The normalized spacial score (nSPS) is 10.2. The minimum absolute atomic E-state index is 0.204. The zero-order chi connectivity index (χ0) is 13.5. The van der Waals surface area contributed by atoms with Crippen molar-refractivity contribution in [2.24, 2.45) is 0 Å². The van der Waals surface area contributed by atoms with Crippen LogP contribution < -0.4 is 0 Å². The highest BCUT2D eigenvalue weighted by atomic mass is 35.5. The monoisotopic (exact) mass is 270 g/mol. The average molecular weight is 271 g/mol. The van der Waals surface area contributed by atoms with Gasteiger partial charge in [0.05, 0.1) is 13.2 Å². The van der Waals surface area contributed by atoms with E-state index in [2.05, 4.69) is 0 Å². The van der Waals surface area contributed by atoms with Crippen LogP contribution in [0.3, 0.4) is 0 Å². The van der Waals surface area contributed by atoms with E-state index in [1.54, 1.807) is 38.1 Å². The van der Waals surface area contributed by atoms with Gasteiger partial charge in [-0.1, -0.05) is 23.7 Å². The van der Waals surface area contributed by atoms with Crippen LogP contribution in [-0.4, -0.2) is 25.2 Å². The minimum atomic E-state index is -1.08. The smallest absolute Gasteiger partial charge is 0.324 e. The molecule has 0 aliphatic heterocycles. The number of halogens is 1. The summed E-state index contributed by atoms with van der Waals surface area (Å²) < 4.78 is 9.77. The van der Waals surface area contributed by atoms with Crippen LogP contribution in [0.5, 0.6) is 0 Å². The van der Waals surface area contributed by atoms with Crippen molar-refractivity contribution in [1.29, 1.82) is 0 Å². The highest BCUT2D eigenvalue weighted by molar-refractivity contribution is 6.30. The molecule has 0 heterocycles. The molecule has 1 aromatic rings. The molecule has 0 aliphatic rings. The Morgan fingerprint density at radius 1 is 1.17 bits per heavy atom. The second kappa shape index (κ2) is 7.01. The second-order valence-electron chi connectivity index (χ2n) is 3.49. The summed E-state index contributed by atoms with van der Waals surface area (Å²) in [5.41, 5.74) is 0.472. The average Bonchev–Trinajstić information content (AvgIpc) is 2.30. The number of hydrogen-bond donors (Lipinski definition) is 0. The number of ether oxygens (including phenoxy) is 2. The molecule has 0 unspecified atom stereocenters. The topological polar surface area (TPSA) is 52.6 Å². The lowest BCUT2D eigenvalue weighted by molar-refractivity contribution is -0.156. The van der Waals surface area contributed by atoms with Gasteiger partial charge in [0.2, 0.25) is 0 Å². The lowest BCUT2D eigenvalue weighted by Gasteiger charge is -2.14. The largest absolute Gasteiger partial charge is 0.465 e. The quantitative estimate of drug-likeness (QED) is 0.609. The molecule has 0 spiro atoms. The summed E-state index contributed by atoms with van der Waals surface area (Å²) in [6, 6.07) is 6.53. The van der Waals surface area contributed by atoms with E-state index < -0.39 is 17.9 Å². The van der Waals surface area contributed by atoms with Crippen molar-refractivity contribution < 1.29 is 19.1 Å². The van der Waals surface area contributed by atoms with Crippen LogP contribution >= 0.6 is 11.6 Å². The molecule has 0 N–H and O–H groups in total. The molecule has 0 radical (unpaired) electrons. The van der Waals surface area contributed by atoms with Crippen LogP contribution in [-0.2, 0) is 19.1 Å². The maximum absolute atomic E-state index is 11.8. The predicted octanol–water partition coefficient (Wildman–Crippen LogP) is 2.55. The molecule has 18 heavy (non-hydrogen) atoms. The van der Waals surface area contributed by atoms with E-state index in [9.17, 15) is 9.59 Å². The molecule has 98 valence electrons. The van der Waals surface area contributed by atoms with E-state index in [0.717, 1.165) is 0 Å². The number of carbonyl (C=O) groups is 2. The number of benzene rings is 1. The van der Waals surface area contributed by atoms with Crippen molar-refractivity contribution in [3.63, 3.8) is 0 Å².